The zero-order valence-electron chi connectivity index (χ0n) is 12.5. The van der Waals surface area contributed by atoms with Gasteiger partial charge in [0.2, 0.25) is 0 Å². The maximum atomic E-state index is 12.1. The van der Waals surface area contributed by atoms with Crippen LogP contribution in [0.1, 0.15) is 32.6 Å². The summed E-state index contributed by atoms with van der Waals surface area (Å²) in [6, 6.07) is 5.20. The van der Waals surface area contributed by atoms with Crippen LogP contribution in [0.4, 0.5) is 10.5 Å². The van der Waals surface area contributed by atoms with Crippen molar-refractivity contribution >= 4 is 40.8 Å². The molecular formula is C15H20Cl2N4O. The first-order valence-electron chi connectivity index (χ1n) is 7.45. The Morgan fingerprint density at radius 3 is 3.00 bits per heavy atom. The van der Waals surface area contributed by atoms with Gasteiger partial charge in [0, 0.05) is 19.5 Å². The van der Waals surface area contributed by atoms with Gasteiger partial charge in [0.15, 0.2) is 0 Å². The van der Waals surface area contributed by atoms with Crippen molar-refractivity contribution in [2.45, 2.75) is 32.6 Å². The number of likely N-dealkylation sites (tertiary alicyclic amines) is 1. The van der Waals surface area contributed by atoms with E-state index in [9.17, 15) is 4.79 Å². The second-order valence-corrected chi connectivity index (χ2v) is 5.87. The fourth-order valence-electron chi connectivity index (χ4n) is 2.18. The molecule has 0 radical (unpaired) electrons. The van der Waals surface area contributed by atoms with Crippen LogP contribution in [0.3, 0.4) is 0 Å². The zero-order valence-corrected chi connectivity index (χ0v) is 14.0. The molecule has 7 heteroatoms. The number of unbranched alkanes of at least 4 members (excludes halogenated alkanes) is 1. The summed E-state index contributed by atoms with van der Waals surface area (Å²) in [5, 5.41) is 8.11. The third-order valence-electron chi connectivity index (χ3n) is 3.40. The number of hydrogen-bond acceptors (Lipinski definition) is 3. The Kier molecular flexibility index (Phi) is 6.34. The predicted molar refractivity (Wildman–Crippen MR) is 91.8 cm³/mol. The molecule has 1 fully saturated rings. The molecule has 0 atom stereocenters. The maximum absolute atomic E-state index is 12.1. The van der Waals surface area contributed by atoms with Gasteiger partial charge in [-0.25, -0.2) is 4.79 Å². The molecule has 22 heavy (non-hydrogen) atoms. The van der Waals surface area contributed by atoms with Crippen molar-refractivity contribution in [3.05, 3.63) is 28.2 Å². The second-order valence-electron chi connectivity index (χ2n) is 5.08. The number of carbonyl (C=O) groups excluding carboxylic acids is 1. The molecule has 0 aliphatic carbocycles. The monoisotopic (exact) mass is 342 g/mol. The molecule has 0 bridgehead atoms. The number of benzene rings is 1. The van der Waals surface area contributed by atoms with Crippen LogP contribution in [-0.4, -0.2) is 29.9 Å². The number of carbonyl (C=O) groups is 1. The summed E-state index contributed by atoms with van der Waals surface area (Å²) in [6.45, 7) is 3.46. The summed E-state index contributed by atoms with van der Waals surface area (Å²) in [5.41, 5.74) is 3.52. The van der Waals surface area contributed by atoms with Crippen molar-refractivity contribution in [3.8, 4) is 0 Å². The maximum Gasteiger partial charge on any atom is 0.322 e. The van der Waals surface area contributed by atoms with Gasteiger partial charge >= 0.3 is 6.03 Å². The van der Waals surface area contributed by atoms with Crippen LogP contribution in [0.25, 0.3) is 0 Å². The van der Waals surface area contributed by atoms with Gasteiger partial charge in [-0.1, -0.05) is 42.6 Å². The number of amidine groups is 1. The summed E-state index contributed by atoms with van der Waals surface area (Å²) in [5.74, 6) is 0.713. The molecule has 120 valence electrons. The minimum absolute atomic E-state index is 0.0938. The van der Waals surface area contributed by atoms with Crippen molar-refractivity contribution in [1.82, 2.24) is 10.2 Å². The molecule has 2 rings (SSSR count). The Morgan fingerprint density at radius 1 is 1.41 bits per heavy atom. The van der Waals surface area contributed by atoms with Crippen LogP contribution >= 0.6 is 23.2 Å². The Balaban J connectivity index is 2.00. The Hall–Kier alpha value is -1.46. The first-order valence-corrected chi connectivity index (χ1v) is 8.21. The number of hydrazone groups is 1. The molecule has 1 aromatic rings. The molecule has 5 nitrogen and oxygen atoms in total. The Labute approximate surface area is 140 Å². The van der Waals surface area contributed by atoms with Gasteiger partial charge in [-0.3, -0.25) is 10.3 Å². The molecule has 1 aliphatic rings. The van der Waals surface area contributed by atoms with E-state index in [0.717, 1.165) is 25.7 Å². The highest BCUT2D eigenvalue weighted by Gasteiger charge is 2.24. The van der Waals surface area contributed by atoms with Crippen molar-refractivity contribution in [2.75, 3.05) is 18.5 Å². The van der Waals surface area contributed by atoms with Crippen LogP contribution in [-0.2, 0) is 0 Å². The molecular weight excluding hydrogens is 323 g/mol. The quantitative estimate of drug-likeness (QED) is 0.618. The van der Waals surface area contributed by atoms with Gasteiger partial charge in [-0.2, -0.15) is 5.10 Å². The lowest BCUT2D eigenvalue weighted by atomic mass is 10.3. The van der Waals surface area contributed by atoms with E-state index in [1.54, 1.807) is 23.1 Å². The van der Waals surface area contributed by atoms with Crippen molar-refractivity contribution in [1.29, 1.82) is 0 Å². The largest absolute Gasteiger partial charge is 0.338 e. The number of hydrogen-bond donors (Lipinski definition) is 2. The first-order chi connectivity index (χ1) is 10.6. The molecule has 0 aromatic heterocycles. The van der Waals surface area contributed by atoms with Gasteiger partial charge in [-0.15, -0.1) is 0 Å². The summed E-state index contributed by atoms with van der Waals surface area (Å²) >= 11 is 12.1. The normalized spacial score (nSPS) is 16.1. The molecule has 0 saturated carbocycles. The van der Waals surface area contributed by atoms with Crippen molar-refractivity contribution < 1.29 is 4.79 Å². The van der Waals surface area contributed by atoms with Crippen LogP contribution in [0.2, 0.25) is 10.0 Å². The van der Waals surface area contributed by atoms with E-state index in [4.69, 9.17) is 23.2 Å². The number of amides is 2. The van der Waals surface area contributed by atoms with Crippen LogP contribution < -0.4 is 10.7 Å². The molecule has 0 spiro atoms. The highest BCUT2D eigenvalue weighted by molar-refractivity contribution is 6.43. The number of rotatable bonds is 5. The topological polar surface area (TPSA) is 56.7 Å². The summed E-state index contributed by atoms with van der Waals surface area (Å²) < 4.78 is 0. The Morgan fingerprint density at radius 2 is 2.23 bits per heavy atom. The van der Waals surface area contributed by atoms with Gasteiger partial charge < -0.3 is 5.32 Å². The van der Waals surface area contributed by atoms with E-state index >= 15 is 0 Å². The second kappa shape index (κ2) is 8.25. The fraction of sp³-hybridized carbons (Fsp3) is 0.467. The van der Waals surface area contributed by atoms with Crippen LogP contribution in [0, 0.1) is 0 Å². The first kappa shape index (κ1) is 16.9. The third kappa shape index (κ3) is 4.27. The number of nitrogens with one attached hydrogen (secondary N) is 2. The van der Waals surface area contributed by atoms with E-state index in [0.29, 0.717) is 34.7 Å². The SMILES string of the molecule is CCCCNC(=O)N1CCCC1=NNc1cccc(Cl)c1Cl. The third-order valence-corrected chi connectivity index (χ3v) is 4.22. The molecule has 1 heterocycles. The number of urea groups is 1. The lowest BCUT2D eigenvalue weighted by Crippen LogP contribution is -2.41. The van der Waals surface area contributed by atoms with E-state index in [1.807, 2.05) is 0 Å². The van der Waals surface area contributed by atoms with Crippen molar-refractivity contribution in [2.24, 2.45) is 5.10 Å². The lowest BCUT2D eigenvalue weighted by molar-refractivity contribution is 0.223. The van der Waals surface area contributed by atoms with Crippen LogP contribution in [0.15, 0.2) is 23.3 Å². The van der Waals surface area contributed by atoms with Crippen LogP contribution in [0.5, 0.6) is 0 Å². The van der Waals surface area contributed by atoms with Crippen molar-refractivity contribution in [3.63, 3.8) is 0 Å². The highest BCUT2D eigenvalue weighted by Crippen LogP contribution is 2.29. The minimum atomic E-state index is -0.0938. The molecule has 2 amide bonds. The number of anilines is 1. The molecule has 2 N–H and O–H groups in total. The van der Waals surface area contributed by atoms with Gasteiger partial charge in [0.05, 0.1) is 15.7 Å². The number of nitrogens with zero attached hydrogens (tertiary/aromatic N) is 2. The van der Waals surface area contributed by atoms with Gasteiger partial charge in [0.25, 0.3) is 0 Å². The van der Waals surface area contributed by atoms with E-state index in [1.165, 1.54) is 0 Å². The lowest BCUT2D eigenvalue weighted by Gasteiger charge is -2.17. The zero-order chi connectivity index (χ0) is 15.9. The average molecular weight is 343 g/mol. The molecule has 1 aliphatic heterocycles. The summed E-state index contributed by atoms with van der Waals surface area (Å²) in [7, 11) is 0. The van der Waals surface area contributed by atoms with E-state index in [2.05, 4.69) is 22.8 Å². The average Bonchev–Trinajstić information content (AvgIpc) is 2.97. The van der Waals surface area contributed by atoms with Gasteiger partial charge in [0.1, 0.15) is 5.84 Å². The van der Waals surface area contributed by atoms with E-state index in [-0.39, 0.29) is 6.03 Å². The highest BCUT2D eigenvalue weighted by atomic mass is 35.5. The standard InChI is InChI=1S/C15H20Cl2N4O/c1-2-3-9-18-15(22)21-10-5-8-13(21)20-19-12-7-4-6-11(16)14(12)17/h4,6-7,19H,2-3,5,8-10H2,1H3,(H,18,22). The van der Waals surface area contributed by atoms with E-state index < -0.39 is 0 Å². The molecule has 1 aromatic carbocycles. The summed E-state index contributed by atoms with van der Waals surface area (Å²) in [4.78, 5) is 13.8. The smallest absolute Gasteiger partial charge is 0.322 e. The Bertz CT molecular complexity index is 562. The minimum Gasteiger partial charge on any atom is -0.338 e. The number of halogens is 2. The molecule has 0 unspecified atom stereocenters. The van der Waals surface area contributed by atoms with Gasteiger partial charge in [-0.05, 0) is 25.0 Å². The molecule has 1 saturated heterocycles. The fourth-order valence-corrected chi connectivity index (χ4v) is 2.52. The summed E-state index contributed by atoms with van der Waals surface area (Å²) in [6.07, 6.45) is 3.69. The predicted octanol–water partition coefficient (Wildman–Crippen LogP) is 4.32.